The van der Waals surface area contributed by atoms with Crippen molar-refractivity contribution in [3.05, 3.63) is 11.1 Å². The second kappa shape index (κ2) is 5.04. The Hall–Kier alpha value is -1.10. The van der Waals surface area contributed by atoms with E-state index in [-0.39, 0.29) is 11.8 Å². The Balaban J connectivity index is 2.04. The number of carbonyl (C=O) groups excluding carboxylic acids is 1. The molecule has 4 nitrogen and oxygen atoms in total. The van der Waals surface area contributed by atoms with Gasteiger partial charge in [-0.25, -0.2) is 4.98 Å². The Labute approximate surface area is 106 Å². The summed E-state index contributed by atoms with van der Waals surface area (Å²) in [6.07, 6.45) is 3.97. The lowest BCUT2D eigenvalue weighted by Crippen LogP contribution is -2.42. The molecule has 1 aromatic rings. The van der Waals surface area contributed by atoms with Crippen LogP contribution in [0.4, 0.5) is 5.13 Å². The molecular weight excluding hydrogens is 234 g/mol. The molecule has 1 aliphatic heterocycles. The van der Waals surface area contributed by atoms with Crippen molar-refractivity contribution in [2.45, 2.75) is 19.8 Å². The third kappa shape index (κ3) is 2.77. The number of amides is 1. The lowest BCUT2D eigenvalue weighted by Gasteiger charge is -2.32. The summed E-state index contributed by atoms with van der Waals surface area (Å²) in [6, 6.07) is 0. The van der Waals surface area contributed by atoms with Gasteiger partial charge in [0.25, 0.3) is 0 Å². The Morgan fingerprint density at radius 3 is 2.94 bits per heavy atom. The van der Waals surface area contributed by atoms with Crippen LogP contribution in [0.1, 0.15) is 17.7 Å². The number of aryl methyl sites for hydroxylation is 1. The fourth-order valence-electron chi connectivity index (χ4n) is 2.21. The summed E-state index contributed by atoms with van der Waals surface area (Å²) in [5.74, 6) is 0.367. The average Bonchev–Trinajstić information content (AvgIpc) is 2.75. The second-order valence-electron chi connectivity index (χ2n) is 4.77. The van der Waals surface area contributed by atoms with E-state index in [0.29, 0.717) is 0 Å². The van der Waals surface area contributed by atoms with Crippen molar-refractivity contribution in [3.8, 4) is 0 Å². The Morgan fingerprint density at radius 2 is 2.35 bits per heavy atom. The molecule has 0 saturated carbocycles. The van der Waals surface area contributed by atoms with Crippen molar-refractivity contribution < 1.29 is 4.79 Å². The van der Waals surface area contributed by atoms with Crippen molar-refractivity contribution in [1.29, 1.82) is 0 Å². The molecule has 2 rings (SSSR count). The number of carbonyl (C=O) groups is 1. The fraction of sp³-hybridized carbons (Fsp3) is 0.667. The van der Waals surface area contributed by atoms with Gasteiger partial charge in [0.05, 0.1) is 5.92 Å². The normalized spacial score (nSPS) is 20.4. The van der Waals surface area contributed by atoms with Gasteiger partial charge in [-0.3, -0.25) is 4.79 Å². The smallest absolute Gasteiger partial charge is 0.226 e. The number of nitrogens with zero attached hydrogens (tertiary/aromatic N) is 3. The van der Waals surface area contributed by atoms with Crippen molar-refractivity contribution in [3.63, 3.8) is 0 Å². The predicted molar refractivity (Wildman–Crippen MR) is 70.5 cm³/mol. The van der Waals surface area contributed by atoms with E-state index in [2.05, 4.69) is 16.8 Å². The minimum absolute atomic E-state index is 0.128. The van der Waals surface area contributed by atoms with Gasteiger partial charge in [-0.2, -0.15) is 0 Å². The number of thiazole rings is 1. The summed E-state index contributed by atoms with van der Waals surface area (Å²) in [5.41, 5.74) is 0. The molecule has 0 aromatic carbocycles. The molecule has 1 amide bonds. The van der Waals surface area contributed by atoms with Crippen LogP contribution in [-0.4, -0.2) is 43.0 Å². The van der Waals surface area contributed by atoms with Gasteiger partial charge in [0, 0.05) is 38.3 Å². The van der Waals surface area contributed by atoms with Crippen LogP contribution in [0.5, 0.6) is 0 Å². The molecule has 0 aliphatic carbocycles. The molecule has 1 aromatic heterocycles. The van der Waals surface area contributed by atoms with Gasteiger partial charge in [0.1, 0.15) is 0 Å². The van der Waals surface area contributed by atoms with Crippen molar-refractivity contribution in [1.82, 2.24) is 9.88 Å². The summed E-state index contributed by atoms with van der Waals surface area (Å²) in [4.78, 5) is 21.5. The quantitative estimate of drug-likeness (QED) is 0.806. The Morgan fingerprint density at radius 1 is 1.59 bits per heavy atom. The highest BCUT2D eigenvalue weighted by Gasteiger charge is 2.27. The van der Waals surface area contributed by atoms with Crippen LogP contribution in [-0.2, 0) is 4.79 Å². The van der Waals surface area contributed by atoms with E-state index in [4.69, 9.17) is 0 Å². The zero-order chi connectivity index (χ0) is 12.4. The van der Waals surface area contributed by atoms with Gasteiger partial charge in [-0.05, 0) is 19.8 Å². The summed E-state index contributed by atoms with van der Waals surface area (Å²) < 4.78 is 0. The molecule has 0 bridgehead atoms. The van der Waals surface area contributed by atoms with Gasteiger partial charge < -0.3 is 9.80 Å². The number of anilines is 1. The number of aromatic nitrogens is 1. The van der Waals surface area contributed by atoms with Gasteiger partial charge >= 0.3 is 0 Å². The molecule has 2 heterocycles. The summed E-state index contributed by atoms with van der Waals surface area (Å²) in [6.45, 7) is 3.89. The molecule has 1 atom stereocenters. The van der Waals surface area contributed by atoms with Crippen LogP contribution < -0.4 is 4.90 Å². The minimum Gasteiger partial charge on any atom is -0.349 e. The Bertz CT molecular complexity index is 402. The summed E-state index contributed by atoms with van der Waals surface area (Å²) in [7, 11) is 3.66. The van der Waals surface area contributed by atoms with Gasteiger partial charge in [-0.1, -0.05) is 0 Å². The van der Waals surface area contributed by atoms with Gasteiger partial charge in [0.2, 0.25) is 5.91 Å². The van der Waals surface area contributed by atoms with Crippen molar-refractivity contribution in [2.24, 2.45) is 5.92 Å². The molecule has 0 spiro atoms. The minimum atomic E-state index is 0.128. The maximum absolute atomic E-state index is 12.0. The van der Waals surface area contributed by atoms with E-state index >= 15 is 0 Å². The first kappa shape index (κ1) is 12.4. The van der Waals surface area contributed by atoms with Crippen LogP contribution in [0.25, 0.3) is 0 Å². The highest BCUT2D eigenvalue weighted by molar-refractivity contribution is 7.15. The molecule has 1 fully saturated rings. The van der Waals surface area contributed by atoms with Crippen molar-refractivity contribution >= 4 is 22.4 Å². The van der Waals surface area contributed by atoms with Gasteiger partial charge in [-0.15, -0.1) is 11.3 Å². The maximum atomic E-state index is 12.0. The molecule has 94 valence electrons. The SMILES string of the molecule is Cc1cnc(N2CCCC(C(=O)N(C)C)C2)s1. The molecule has 17 heavy (non-hydrogen) atoms. The van der Waals surface area contributed by atoms with E-state index in [1.54, 1.807) is 16.2 Å². The van der Waals surface area contributed by atoms with E-state index < -0.39 is 0 Å². The van der Waals surface area contributed by atoms with E-state index in [9.17, 15) is 4.79 Å². The molecule has 1 aliphatic rings. The monoisotopic (exact) mass is 253 g/mol. The number of piperidine rings is 1. The first-order chi connectivity index (χ1) is 8.08. The van der Waals surface area contributed by atoms with Crippen molar-refractivity contribution in [2.75, 3.05) is 32.1 Å². The number of hydrogen-bond acceptors (Lipinski definition) is 4. The first-order valence-corrected chi connectivity index (χ1v) is 6.78. The molecular formula is C12H19N3OS. The van der Waals surface area contributed by atoms with Gasteiger partial charge in [0.15, 0.2) is 5.13 Å². The lowest BCUT2D eigenvalue weighted by molar-refractivity contribution is -0.133. The molecule has 1 saturated heterocycles. The maximum Gasteiger partial charge on any atom is 0.226 e. The standard InChI is InChI=1S/C12H19N3OS/c1-9-7-13-12(17-9)15-6-4-5-10(8-15)11(16)14(2)3/h7,10H,4-6,8H2,1-3H3. The zero-order valence-corrected chi connectivity index (χ0v) is 11.5. The fourth-order valence-corrected chi connectivity index (χ4v) is 3.00. The summed E-state index contributed by atoms with van der Waals surface area (Å²) >= 11 is 1.71. The van der Waals surface area contributed by atoms with Crippen LogP contribution >= 0.6 is 11.3 Å². The van der Waals surface area contributed by atoms with Crippen LogP contribution in [0, 0.1) is 12.8 Å². The van der Waals surface area contributed by atoms with Crippen LogP contribution in [0.3, 0.4) is 0 Å². The second-order valence-corrected chi connectivity index (χ2v) is 5.98. The average molecular weight is 253 g/mol. The Kier molecular flexibility index (Phi) is 3.66. The molecule has 5 heteroatoms. The van der Waals surface area contributed by atoms with E-state index in [0.717, 1.165) is 31.1 Å². The van der Waals surface area contributed by atoms with Crippen LogP contribution in [0.15, 0.2) is 6.20 Å². The number of hydrogen-bond donors (Lipinski definition) is 0. The topological polar surface area (TPSA) is 36.4 Å². The third-order valence-electron chi connectivity index (χ3n) is 3.09. The summed E-state index contributed by atoms with van der Waals surface area (Å²) in [5, 5.41) is 1.05. The molecule has 1 unspecified atom stereocenters. The highest BCUT2D eigenvalue weighted by Crippen LogP contribution is 2.27. The first-order valence-electron chi connectivity index (χ1n) is 5.96. The predicted octanol–water partition coefficient (Wildman–Crippen LogP) is 1.76. The highest BCUT2D eigenvalue weighted by atomic mass is 32.1. The van der Waals surface area contributed by atoms with E-state index in [1.165, 1.54) is 4.88 Å². The van der Waals surface area contributed by atoms with E-state index in [1.807, 2.05) is 20.3 Å². The van der Waals surface area contributed by atoms with Crippen LogP contribution in [0.2, 0.25) is 0 Å². The lowest BCUT2D eigenvalue weighted by atomic mass is 9.97. The zero-order valence-electron chi connectivity index (χ0n) is 10.6. The molecule has 0 N–H and O–H groups in total. The third-order valence-corrected chi connectivity index (χ3v) is 4.06. The largest absolute Gasteiger partial charge is 0.349 e. The molecule has 0 radical (unpaired) electrons. The number of rotatable bonds is 2.